The molecular weight excluding hydrogens is 330 g/mol. The highest BCUT2D eigenvalue weighted by Gasteiger charge is 2.30. The minimum atomic E-state index is -0.432. The van der Waals surface area contributed by atoms with Gasteiger partial charge in [0, 0.05) is 43.4 Å². The largest absolute Gasteiger partial charge is 0.390 e. The van der Waals surface area contributed by atoms with E-state index in [1.807, 2.05) is 18.2 Å². The number of nitrogens with zero attached hydrogens (tertiary/aromatic N) is 2. The van der Waals surface area contributed by atoms with Crippen molar-refractivity contribution in [2.75, 3.05) is 6.54 Å². The zero-order valence-corrected chi connectivity index (χ0v) is 15.8. The van der Waals surface area contributed by atoms with Crippen LogP contribution in [0.2, 0.25) is 0 Å². The molecule has 0 aromatic carbocycles. The second-order valence-corrected chi connectivity index (χ2v) is 8.06. The van der Waals surface area contributed by atoms with Crippen LogP contribution >= 0.6 is 0 Å². The van der Waals surface area contributed by atoms with Gasteiger partial charge in [0.2, 0.25) is 0 Å². The fraction of sp³-hybridized carbons (Fsp3) is 0.600. The van der Waals surface area contributed by atoms with Gasteiger partial charge in [-0.3, -0.25) is 4.98 Å². The van der Waals surface area contributed by atoms with Crippen molar-refractivity contribution in [3.63, 3.8) is 0 Å². The highest BCUT2D eigenvalue weighted by Crippen LogP contribution is 2.26. The topological polar surface area (TPSA) is 80.4 Å². The highest BCUT2D eigenvalue weighted by atomic mass is 16.5. The summed E-state index contributed by atoms with van der Waals surface area (Å²) in [5.74, 6) is 0.888. The van der Waals surface area contributed by atoms with Crippen LogP contribution in [0.15, 0.2) is 35.1 Å². The molecule has 0 saturated carbocycles. The van der Waals surface area contributed by atoms with Gasteiger partial charge in [-0.1, -0.05) is 25.9 Å². The number of aliphatic hydroxyl groups excluding tert-OH is 1. The molecule has 3 atom stereocenters. The summed E-state index contributed by atoms with van der Waals surface area (Å²) < 4.78 is 11.6. The van der Waals surface area contributed by atoms with Crippen molar-refractivity contribution < 1.29 is 14.4 Å². The Hall–Kier alpha value is -1.76. The Morgan fingerprint density at radius 1 is 1.23 bits per heavy atom. The van der Waals surface area contributed by atoms with E-state index in [-0.39, 0.29) is 17.6 Å². The van der Waals surface area contributed by atoms with Gasteiger partial charge in [0.1, 0.15) is 5.76 Å². The maximum Gasteiger partial charge on any atom is 0.142 e. The molecule has 0 aliphatic carbocycles. The van der Waals surface area contributed by atoms with Crippen molar-refractivity contribution >= 4 is 0 Å². The Labute approximate surface area is 155 Å². The number of rotatable bonds is 6. The van der Waals surface area contributed by atoms with E-state index in [1.54, 1.807) is 12.4 Å². The predicted octanol–water partition coefficient (Wildman–Crippen LogP) is 2.61. The van der Waals surface area contributed by atoms with Crippen molar-refractivity contribution in [3.8, 4) is 0 Å². The fourth-order valence-corrected chi connectivity index (χ4v) is 3.14. The second-order valence-electron chi connectivity index (χ2n) is 8.06. The zero-order valence-electron chi connectivity index (χ0n) is 15.8. The van der Waals surface area contributed by atoms with Gasteiger partial charge in [-0.25, -0.2) is 0 Å². The highest BCUT2D eigenvalue weighted by molar-refractivity contribution is 5.14. The molecule has 0 radical (unpaired) electrons. The van der Waals surface area contributed by atoms with E-state index < -0.39 is 6.10 Å². The zero-order chi connectivity index (χ0) is 18.6. The number of ether oxygens (including phenoxy) is 1. The average molecular weight is 359 g/mol. The van der Waals surface area contributed by atoms with Gasteiger partial charge in [0.05, 0.1) is 24.0 Å². The molecule has 3 rings (SSSR count). The van der Waals surface area contributed by atoms with Gasteiger partial charge in [0.25, 0.3) is 0 Å². The molecule has 142 valence electrons. The number of aromatic nitrogens is 2. The van der Waals surface area contributed by atoms with Crippen LogP contribution in [0.1, 0.15) is 50.6 Å². The minimum absolute atomic E-state index is 0.0473. The number of hydrogen-bond acceptors (Lipinski definition) is 6. The van der Waals surface area contributed by atoms with Crippen molar-refractivity contribution in [1.82, 2.24) is 15.5 Å². The van der Waals surface area contributed by atoms with E-state index in [0.717, 1.165) is 30.8 Å². The summed E-state index contributed by atoms with van der Waals surface area (Å²) in [5.41, 5.74) is 2.04. The van der Waals surface area contributed by atoms with Crippen LogP contribution in [0.25, 0.3) is 0 Å². The summed E-state index contributed by atoms with van der Waals surface area (Å²) in [7, 11) is 0. The number of hydrogen-bond donors (Lipinski definition) is 2. The van der Waals surface area contributed by atoms with Gasteiger partial charge in [-0.05, 0) is 30.5 Å². The third-order valence-electron chi connectivity index (χ3n) is 4.74. The first kappa shape index (κ1) is 19.0. The molecule has 2 N–H and O–H groups in total. The Morgan fingerprint density at radius 2 is 2.00 bits per heavy atom. The van der Waals surface area contributed by atoms with E-state index in [9.17, 15) is 5.11 Å². The van der Waals surface area contributed by atoms with Gasteiger partial charge >= 0.3 is 0 Å². The van der Waals surface area contributed by atoms with Crippen molar-refractivity contribution in [2.24, 2.45) is 0 Å². The standard InChI is InChI=1S/C20H29N3O3/c1-20(2,3)19-11-15(23-26-19)10-16-4-5-17(24)18(25-16)13-22-12-14-6-8-21-9-7-14/h6-9,11,16-18,22,24H,4-5,10,12-13H2,1-3H3. The molecule has 3 heterocycles. The Morgan fingerprint density at radius 3 is 2.69 bits per heavy atom. The first-order valence-electron chi connectivity index (χ1n) is 9.31. The maximum absolute atomic E-state index is 10.3. The molecule has 0 amide bonds. The molecule has 6 nitrogen and oxygen atoms in total. The SMILES string of the molecule is CC(C)(C)c1cc(CC2CCC(O)C(CNCc3ccncc3)O2)no1. The third-order valence-corrected chi connectivity index (χ3v) is 4.74. The summed E-state index contributed by atoms with van der Waals surface area (Å²) in [6.07, 6.45) is 5.28. The lowest BCUT2D eigenvalue weighted by Gasteiger charge is -2.34. The molecule has 6 heteroatoms. The van der Waals surface area contributed by atoms with Crippen LogP contribution in [-0.4, -0.2) is 40.1 Å². The number of nitrogens with one attached hydrogen (secondary N) is 1. The average Bonchev–Trinajstić information content (AvgIpc) is 3.07. The Balaban J connectivity index is 1.50. The Kier molecular flexibility index (Phi) is 6.06. The number of aliphatic hydroxyl groups is 1. The molecule has 1 fully saturated rings. The molecule has 0 bridgehead atoms. The van der Waals surface area contributed by atoms with Crippen molar-refractivity contribution in [1.29, 1.82) is 0 Å². The molecule has 2 aromatic rings. The molecule has 1 aliphatic rings. The van der Waals surface area contributed by atoms with Crippen LogP contribution in [0.4, 0.5) is 0 Å². The molecule has 1 saturated heterocycles. The maximum atomic E-state index is 10.3. The van der Waals surface area contributed by atoms with Crippen molar-refractivity contribution in [3.05, 3.63) is 47.6 Å². The lowest BCUT2D eigenvalue weighted by Crippen LogP contribution is -2.45. The molecule has 3 unspecified atom stereocenters. The summed E-state index contributed by atoms with van der Waals surface area (Å²) in [6, 6.07) is 5.97. The van der Waals surface area contributed by atoms with Crippen LogP contribution in [0, 0.1) is 0 Å². The van der Waals surface area contributed by atoms with E-state index >= 15 is 0 Å². The fourth-order valence-electron chi connectivity index (χ4n) is 3.14. The summed E-state index contributed by atoms with van der Waals surface area (Å²) >= 11 is 0. The lowest BCUT2D eigenvalue weighted by molar-refractivity contribution is -0.115. The predicted molar refractivity (Wildman–Crippen MR) is 98.8 cm³/mol. The molecule has 26 heavy (non-hydrogen) atoms. The molecular formula is C20H29N3O3. The molecule has 1 aliphatic heterocycles. The number of pyridine rings is 1. The van der Waals surface area contributed by atoms with E-state index in [1.165, 1.54) is 5.56 Å². The van der Waals surface area contributed by atoms with Gasteiger partial charge in [-0.15, -0.1) is 0 Å². The molecule has 0 spiro atoms. The normalized spacial score (nSPS) is 23.9. The van der Waals surface area contributed by atoms with E-state index in [2.05, 4.69) is 36.2 Å². The second kappa shape index (κ2) is 8.29. The van der Waals surface area contributed by atoms with Crippen LogP contribution in [0.5, 0.6) is 0 Å². The van der Waals surface area contributed by atoms with Crippen LogP contribution < -0.4 is 5.32 Å². The first-order chi connectivity index (χ1) is 12.4. The molecule has 2 aromatic heterocycles. The van der Waals surface area contributed by atoms with E-state index in [4.69, 9.17) is 9.26 Å². The van der Waals surface area contributed by atoms with E-state index in [0.29, 0.717) is 13.0 Å². The Bertz CT molecular complexity index is 681. The monoisotopic (exact) mass is 359 g/mol. The minimum Gasteiger partial charge on any atom is -0.390 e. The first-order valence-corrected chi connectivity index (χ1v) is 9.31. The quantitative estimate of drug-likeness (QED) is 0.825. The van der Waals surface area contributed by atoms with Crippen molar-refractivity contribution in [2.45, 2.75) is 70.3 Å². The van der Waals surface area contributed by atoms with Gasteiger partial charge < -0.3 is 19.7 Å². The van der Waals surface area contributed by atoms with Gasteiger partial charge in [-0.2, -0.15) is 0 Å². The lowest BCUT2D eigenvalue weighted by atomic mass is 9.92. The summed E-state index contributed by atoms with van der Waals surface area (Å²) in [5, 5.41) is 17.8. The van der Waals surface area contributed by atoms with Crippen LogP contribution in [0.3, 0.4) is 0 Å². The summed E-state index contributed by atoms with van der Waals surface area (Å²) in [6.45, 7) is 7.67. The third kappa shape index (κ3) is 5.13. The van der Waals surface area contributed by atoms with Gasteiger partial charge in [0.15, 0.2) is 0 Å². The summed E-state index contributed by atoms with van der Waals surface area (Å²) in [4.78, 5) is 4.02. The van der Waals surface area contributed by atoms with Crippen LogP contribution in [-0.2, 0) is 23.1 Å². The smallest absolute Gasteiger partial charge is 0.142 e.